The van der Waals surface area contributed by atoms with Gasteiger partial charge in [-0.15, -0.1) is 0 Å². The van der Waals surface area contributed by atoms with Crippen molar-refractivity contribution >= 4 is 7.82 Å². The summed E-state index contributed by atoms with van der Waals surface area (Å²) >= 11 is 0. The SMILES string of the molecule is CCCCC/C=C\C/C=C\CCCCCCCCOP(=O)(O)OC1CC[N+](C)(C)C1. The number of quaternary nitrogens is 1. The summed E-state index contributed by atoms with van der Waals surface area (Å²) in [6.45, 7) is 4.27. The maximum absolute atomic E-state index is 12.0. The van der Waals surface area contributed by atoms with Crippen molar-refractivity contribution in [2.75, 3.05) is 33.8 Å². The van der Waals surface area contributed by atoms with Crippen LogP contribution in [0.2, 0.25) is 0 Å². The van der Waals surface area contributed by atoms with Crippen LogP contribution in [0.1, 0.15) is 90.4 Å². The van der Waals surface area contributed by atoms with E-state index < -0.39 is 7.82 Å². The average molecular weight is 445 g/mol. The van der Waals surface area contributed by atoms with Crippen molar-refractivity contribution in [1.82, 2.24) is 0 Å². The number of hydrogen-bond acceptors (Lipinski definition) is 3. The average Bonchev–Trinajstić information content (AvgIpc) is 3.01. The molecule has 1 rings (SSSR count). The molecule has 1 heterocycles. The van der Waals surface area contributed by atoms with Crippen molar-refractivity contribution in [2.45, 2.75) is 96.5 Å². The molecule has 1 fully saturated rings. The molecule has 1 aliphatic heterocycles. The van der Waals surface area contributed by atoms with Crippen LogP contribution in [0.4, 0.5) is 0 Å². The lowest BCUT2D eigenvalue weighted by molar-refractivity contribution is -0.879. The predicted molar refractivity (Wildman–Crippen MR) is 126 cm³/mol. The summed E-state index contributed by atoms with van der Waals surface area (Å²) in [6, 6.07) is 0. The van der Waals surface area contributed by atoms with E-state index in [1.165, 1.54) is 44.9 Å². The first-order chi connectivity index (χ1) is 14.3. The molecule has 2 atom stereocenters. The first kappa shape index (κ1) is 27.6. The van der Waals surface area contributed by atoms with Crippen molar-refractivity contribution in [3.63, 3.8) is 0 Å². The van der Waals surface area contributed by atoms with Crippen LogP contribution in [0.15, 0.2) is 24.3 Å². The number of nitrogens with zero attached hydrogens (tertiary/aromatic N) is 1. The van der Waals surface area contributed by atoms with Crippen LogP contribution in [0.25, 0.3) is 0 Å². The largest absolute Gasteiger partial charge is 0.472 e. The van der Waals surface area contributed by atoms with Gasteiger partial charge in [0, 0.05) is 6.42 Å². The predicted octanol–water partition coefficient (Wildman–Crippen LogP) is 6.78. The van der Waals surface area contributed by atoms with Gasteiger partial charge < -0.3 is 9.38 Å². The van der Waals surface area contributed by atoms with Crippen molar-refractivity contribution in [3.05, 3.63) is 24.3 Å². The molecule has 30 heavy (non-hydrogen) atoms. The van der Waals surface area contributed by atoms with Crippen LogP contribution in [0.5, 0.6) is 0 Å². The highest BCUT2D eigenvalue weighted by molar-refractivity contribution is 7.47. The van der Waals surface area contributed by atoms with Crippen LogP contribution in [0.3, 0.4) is 0 Å². The van der Waals surface area contributed by atoms with E-state index in [1.54, 1.807) is 0 Å². The van der Waals surface area contributed by atoms with Gasteiger partial charge in [0.25, 0.3) is 0 Å². The zero-order valence-electron chi connectivity index (χ0n) is 19.8. The van der Waals surface area contributed by atoms with E-state index in [0.717, 1.165) is 56.1 Å². The number of phosphoric ester groups is 1. The van der Waals surface area contributed by atoms with Gasteiger partial charge in [0.05, 0.1) is 27.2 Å². The van der Waals surface area contributed by atoms with Crippen LogP contribution < -0.4 is 0 Å². The second-order valence-electron chi connectivity index (χ2n) is 9.24. The molecule has 5 nitrogen and oxygen atoms in total. The molecule has 0 aromatic heterocycles. The normalized spacial score (nSPS) is 21.0. The Morgan fingerprint density at radius 1 is 0.933 bits per heavy atom. The van der Waals surface area contributed by atoms with Gasteiger partial charge in [-0.1, -0.05) is 69.8 Å². The summed E-state index contributed by atoms with van der Waals surface area (Å²) in [5.41, 5.74) is 0. The van der Waals surface area contributed by atoms with Crippen LogP contribution in [0, 0.1) is 0 Å². The summed E-state index contributed by atoms with van der Waals surface area (Å²) in [5, 5.41) is 0. The summed E-state index contributed by atoms with van der Waals surface area (Å²) < 4.78 is 23.3. The standard InChI is InChI=1S/C24H46NO4P/c1-4-5-6-7-8-9-10-11-12-13-14-15-16-17-18-19-22-28-30(26,27)29-24-20-21-25(2,3)23-24/h8-9,11-12,24H,4-7,10,13-23H2,1-3H3/p+1/b9-8-,12-11-. The molecule has 0 amide bonds. The van der Waals surface area contributed by atoms with E-state index in [4.69, 9.17) is 9.05 Å². The number of rotatable bonds is 18. The highest BCUT2D eigenvalue weighted by Gasteiger charge is 2.36. The van der Waals surface area contributed by atoms with E-state index in [9.17, 15) is 9.46 Å². The zero-order valence-corrected chi connectivity index (χ0v) is 20.7. The quantitative estimate of drug-likeness (QED) is 0.110. The van der Waals surface area contributed by atoms with Gasteiger partial charge in [-0.05, 0) is 38.5 Å². The molecule has 1 N–H and O–H groups in total. The van der Waals surface area contributed by atoms with Gasteiger partial charge in [-0.25, -0.2) is 4.57 Å². The maximum Gasteiger partial charge on any atom is 0.472 e. The minimum absolute atomic E-state index is 0.174. The Morgan fingerprint density at radius 2 is 1.53 bits per heavy atom. The molecule has 0 aromatic carbocycles. The summed E-state index contributed by atoms with van der Waals surface area (Å²) in [6.07, 6.45) is 23.9. The minimum atomic E-state index is -3.91. The van der Waals surface area contributed by atoms with Gasteiger partial charge in [-0.3, -0.25) is 9.05 Å². The maximum atomic E-state index is 12.0. The van der Waals surface area contributed by atoms with Crippen molar-refractivity contribution in [3.8, 4) is 0 Å². The van der Waals surface area contributed by atoms with Crippen molar-refractivity contribution in [2.24, 2.45) is 0 Å². The Morgan fingerprint density at radius 3 is 2.13 bits per heavy atom. The first-order valence-corrected chi connectivity index (χ1v) is 13.6. The monoisotopic (exact) mass is 444 g/mol. The van der Waals surface area contributed by atoms with Gasteiger partial charge in [-0.2, -0.15) is 0 Å². The Kier molecular flexibility index (Phi) is 14.9. The second kappa shape index (κ2) is 16.2. The summed E-state index contributed by atoms with van der Waals surface area (Å²) in [7, 11) is 0.305. The number of allylic oxidation sites excluding steroid dienone is 4. The molecule has 0 bridgehead atoms. The van der Waals surface area contributed by atoms with E-state index in [0.29, 0.717) is 6.61 Å². The third-order valence-electron chi connectivity index (χ3n) is 5.64. The molecule has 2 unspecified atom stereocenters. The summed E-state index contributed by atoms with van der Waals surface area (Å²) in [4.78, 5) is 9.86. The smallest absolute Gasteiger partial charge is 0.326 e. The highest BCUT2D eigenvalue weighted by Crippen LogP contribution is 2.46. The third kappa shape index (κ3) is 15.4. The van der Waals surface area contributed by atoms with Gasteiger partial charge in [0.15, 0.2) is 0 Å². The highest BCUT2D eigenvalue weighted by atomic mass is 31.2. The topological polar surface area (TPSA) is 55.8 Å². The Hall–Kier alpha value is -0.450. The van der Waals surface area contributed by atoms with Crippen LogP contribution >= 0.6 is 7.82 Å². The van der Waals surface area contributed by atoms with Gasteiger partial charge in [0.2, 0.25) is 0 Å². The van der Waals surface area contributed by atoms with E-state index >= 15 is 0 Å². The lowest BCUT2D eigenvalue weighted by Gasteiger charge is -2.23. The number of hydrogen-bond donors (Lipinski definition) is 1. The number of likely N-dealkylation sites (tertiary alicyclic amines) is 1. The second-order valence-corrected chi connectivity index (χ2v) is 10.7. The lowest BCUT2D eigenvalue weighted by atomic mass is 10.1. The number of phosphoric acid groups is 1. The third-order valence-corrected chi connectivity index (χ3v) is 6.71. The molecule has 0 radical (unpaired) electrons. The Bertz CT molecular complexity index is 533. The minimum Gasteiger partial charge on any atom is -0.326 e. The van der Waals surface area contributed by atoms with E-state index in [2.05, 4.69) is 45.3 Å². The fraction of sp³-hybridized carbons (Fsp3) is 0.833. The fourth-order valence-electron chi connectivity index (χ4n) is 3.80. The molecule has 1 aliphatic rings. The lowest BCUT2D eigenvalue weighted by Crippen LogP contribution is -2.37. The molecular weight excluding hydrogens is 397 g/mol. The molecule has 1 saturated heterocycles. The van der Waals surface area contributed by atoms with E-state index in [1.807, 2.05) is 0 Å². The number of likely N-dealkylation sites (N-methyl/N-ethyl adjacent to an activating group) is 1. The molecule has 0 aromatic rings. The Labute approximate surface area is 185 Å². The van der Waals surface area contributed by atoms with Crippen molar-refractivity contribution in [1.29, 1.82) is 0 Å². The fourth-order valence-corrected chi connectivity index (χ4v) is 4.77. The first-order valence-electron chi connectivity index (χ1n) is 12.1. The molecule has 0 saturated carbocycles. The molecule has 6 heteroatoms. The van der Waals surface area contributed by atoms with Crippen molar-refractivity contribution < 1.29 is 23.0 Å². The van der Waals surface area contributed by atoms with Gasteiger partial charge in [0.1, 0.15) is 12.6 Å². The summed E-state index contributed by atoms with van der Waals surface area (Å²) in [5.74, 6) is 0. The van der Waals surface area contributed by atoms with E-state index in [-0.39, 0.29) is 6.10 Å². The zero-order chi connectivity index (χ0) is 22.1. The number of unbranched alkanes of at least 4 members (excludes halogenated alkanes) is 9. The van der Waals surface area contributed by atoms with Crippen LogP contribution in [-0.2, 0) is 13.6 Å². The molecular formula is C24H47NO4P+. The Balaban J connectivity index is 1.89. The van der Waals surface area contributed by atoms with Gasteiger partial charge >= 0.3 is 7.82 Å². The molecule has 176 valence electrons. The molecule has 0 spiro atoms. The molecule has 0 aliphatic carbocycles. The van der Waals surface area contributed by atoms with Crippen LogP contribution in [-0.4, -0.2) is 49.3 Å².